The van der Waals surface area contributed by atoms with Crippen molar-refractivity contribution >= 4 is 11.9 Å². The number of carbonyl (C=O) groups is 2. The molecule has 2 aliphatic carbocycles. The summed E-state index contributed by atoms with van der Waals surface area (Å²) in [4.78, 5) is 30.6. The van der Waals surface area contributed by atoms with Gasteiger partial charge in [-0.05, 0) is 50.4 Å². The summed E-state index contributed by atoms with van der Waals surface area (Å²) in [5, 5.41) is 16.3. The molecule has 2 unspecified atom stereocenters. The van der Waals surface area contributed by atoms with Crippen LogP contribution >= 0.6 is 0 Å². The van der Waals surface area contributed by atoms with Crippen LogP contribution in [-0.4, -0.2) is 78.8 Å². The lowest BCUT2D eigenvalue weighted by Crippen LogP contribution is -2.59. The zero-order valence-electron chi connectivity index (χ0n) is 20.9. The van der Waals surface area contributed by atoms with Crippen molar-refractivity contribution in [3.63, 3.8) is 0 Å². The average molecular weight is 474 g/mol. The normalized spacial score (nSPS) is 32.1. The number of hydrogen-bond donors (Lipinski definition) is 2. The minimum atomic E-state index is -0.866. The molecule has 0 bridgehead atoms. The van der Waals surface area contributed by atoms with Crippen LogP contribution < -0.4 is 10.6 Å². The van der Waals surface area contributed by atoms with Crippen LogP contribution in [0.3, 0.4) is 0 Å². The van der Waals surface area contributed by atoms with E-state index in [0.717, 1.165) is 25.3 Å². The smallest absolute Gasteiger partial charge is 0.318 e. The van der Waals surface area contributed by atoms with Gasteiger partial charge in [0.25, 0.3) is 0 Å². The standard InChI is InChI=1S/C26H43N5O3/c1-20-7-9-22(10-8-20)31-12-11-26(18-27,19-31)29-24(32)23(17-21-5-3-2-4-6-21)28-25(33)30-13-15-34-16-14-30/h20-23H,2-17,19H2,1H3,(H,28,33)(H,29,32)/t20-,22+,23?,26?. The summed E-state index contributed by atoms with van der Waals surface area (Å²) in [7, 11) is 0. The van der Waals surface area contributed by atoms with Crippen LogP contribution in [0.1, 0.15) is 77.6 Å². The quantitative estimate of drug-likeness (QED) is 0.618. The molecule has 2 atom stereocenters. The number of nitriles is 1. The molecule has 0 radical (unpaired) electrons. The Balaban J connectivity index is 1.39. The summed E-state index contributed by atoms with van der Waals surface area (Å²) in [5.74, 6) is 1.03. The molecule has 8 nitrogen and oxygen atoms in total. The molecule has 2 N–H and O–H groups in total. The van der Waals surface area contributed by atoms with E-state index in [-0.39, 0.29) is 11.9 Å². The molecule has 8 heteroatoms. The van der Waals surface area contributed by atoms with E-state index in [9.17, 15) is 14.9 Å². The third-order valence-corrected chi connectivity index (χ3v) is 8.58. The lowest BCUT2D eigenvalue weighted by atomic mass is 9.84. The van der Waals surface area contributed by atoms with Gasteiger partial charge in [-0.15, -0.1) is 0 Å². The number of ether oxygens (including phenoxy) is 1. The monoisotopic (exact) mass is 473 g/mol. The third-order valence-electron chi connectivity index (χ3n) is 8.58. The van der Waals surface area contributed by atoms with Crippen molar-refractivity contribution in [2.75, 3.05) is 39.4 Å². The van der Waals surface area contributed by atoms with E-state index in [1.807, 2.05) is 0 Å². The second kappa shape index (κ2) is 11.7. The van der Waals surface area contributed by atoms with Crippen LogP contribution in [0.25, 0.3) is 0 Å². The molecule has 0 aromatic heterocycles. The van der Waals surface area contributed by atoms with Crippen LogP contribution in [0.2, 0.25) is 0 Å². The first-order chi connectivity index (χ1) is 16.5. The van der Waals surface area contributed by atoms with Crippen molar-refractivity contribution in [2.24, 2.45) is 11.8 Å². The van der Waals surface area contributed by atoms with Gasteiger partial charge >= 0.3 is 6.03 Å². The van der Waals surface area contributed by atoms with Crippen molar-refractivity contribution in [2.45, 2.75) is 95.2 Å². The Labute approximate surface area is 204 Å². The predicted molar refractivity (Wildman–Crippen MR) is 130 cm³/mol. The van der Waals surface area contributed by atoms with Crippen LogP contribution in [-0.2, 0) is 9.53 Å². The summed E-state index contributed by atoms with van der Waals surface area (Å²) >= 11 is 0. The lowest BCUT2D eigenvalue weighted by molar-refractivity contribution is -0.124. The maximum atomic E-state index is 13.5. The summed E-state index contributed by atoms with van der Waals surface area (Å²) < 4.78 is 5.36. The van der Waals surface area contributed by atoms with E-state index in [2.05, 4.69) is 28.5 Å². The molecular weight excluding hydrogens is 430 g/mol. The molecule has 4 fully saturated rings. The van der Waals surface area contributed by atoms with Crippen molar-refractivity contribution in [3.05, 3.63) is 0 Å². The molecule has 4 rings (SSSR count). The van der Waals surface area contributed by atoms with Crippen LogP contribution in [0.4, 0.5) is 4.79 Å². The Bertz CT molecular complexity index is 735. The van der Waals surface area contributed by atoms with Crippen LogP contribution in [0, 0.1) is 23.2 Å². The molecular formula is C26H43N5O3. The van der Waals surface area contributed by atoms with Gasteiger partial charge in [0.2, 0.25) is 5.91 Å². The van der Waals surface area contributed by atoms with E-state index in [4.69, 9.17) is 4.74 Å². The molecule has 34 heavy (non-hydrogen) atoms. The number of rotatable bonds is 6. The molecule has 0 spiro atoms. The third kappa shape index (κ3) is 6.42. The highest BCUT2D eigenvalue weighted by atomic mass is 16.5. The number of urea groups is 1. The van der Waals surface area contributed by atoms with Crippen molar-refractivity contribution in [1.29, 1.82) is 5.26 Å². The Morgan fingerprint density at radius 1 is 1.06 bits per heavy atom. The van der Waals surface area contributed by atoms with Gasteiger partial charge in [0.15, 0.2) is 0 Å². The molecule has 2 saturated carbocycles. The molecule has 190 valence electrons. The predicted octanol–water partition coefficient (Wildman–Crippen LogP) is 3.03. The van der Waals surface area contributed by atoms with E-state index in [0.29, 0.717) is 57.6 Å². The zero-order valence-corrected chi connectivity index (χ0v) is 20.9. The van der Waals surface area contributed by atoms with Gasteiger partial charge in [-0.3, -0.25) is 9.69 Å². The molecule has 0 aromatic carbocycles. The Morgan fingerprint density at radius 2 is 1.76 bits per heavy atom. The van der Waals surface area contributed by atoms with Gasteiger partial charge in [0, 0.05) is 32.2 Å². The lowest BCUT2D eigenvalue weighted by Gasteiger charge is -2.35. The van der Waals surface area contributed by atoms with Gasteiger partial charge in [0.05, 0.1) is 19.3 Å². The van der Waals surface area contributed by atoms with Crippen molar-refractivity contribution in [1.82, 2.24) is 20.4 Å². The average Bonchev–Trinajstić information content (AvgIpc) is 3.29. The highest BCUT2D eigenvalue weighted by Gasteiger charge is 2.44. The number of amides is 3. The molecule has 2 saturated heterocycles. The second-order valence-electron chi connectivity index (χ2n) is 11.2. The highest BCUT2D eigenvalue weighted by molar-refractivity contribution is 5.88. The van der Waals surface area contributed by atoms with E-state index >= 15 is 0 Å². The van der Waals surface area contributed by atoms with Gasteiger partial charge in [-0.25, -0.2) is 4.79 Å². The number of morpholine rings is 1. The largest absolute Gasteiger partial charge is 0.378 e. The molecule has 2 heterocycles. The number of nitrogens with one attached hydrogen (secondary N) is 2. The number of nitrogens with zero attached hydrogens (tertiary/aromatic N) is 3. The molecule has 0 aromatic rings. The fourth-order valence-corrected chi connectivity index (χ4v) is 6.30. The number of carbonyl (C=O) groups excluding carboxylic acids is 2. The molecule has 4 aliphatic rings. The first-order valence-electron chi connectivity index (χ1n) is 13.6. The summed E-state index contributed by atoms with van der Waals surface area (Å²) in [6.45, 7) is 5.89. The maximum Gasteiger partial charge on any atom is 0.318 e. The summed E-state index contributed by atoms with van der Waals surface area (Å²) in [6, 6.07) is 2.16. The Hall–Kier alpha value is -1.85. The van der Waals surface area contributed by atoms with E-state index in [1.54, 1.807) is 4.90 Å². The topological polar surface area (TPSA) is 97.7 Å². The number of hydrogen-bond acceptors (Lipinski definition) is 5. The van der Waals surface area contributed by atoms with Crippen LogP contribution in [0.15, 0.2) is 0 Å². The molecule has 3 amide bonds. The highest BCUT2D eigenvalue weighted by Crippen LogP contribution is 2.32. The van der Waals surface area contributed by atoms with Gasteiger partial charge < -0.3 is 20.3 Å². The molecule has 2 aliphatic heterocycles. The van der Waals surface area contributed by atoms with Crippen molar-refractivity contribution in [3.8, 4) is 6.07 Å². The van der Waals surface area contributed by atoms with Crippen molar-refractivity contribution < 1.29 is 14.3 Å². The van der Waals surface area contributed by atoms with Gasteiger partial charge in [-0.2, -0.15) is 5.26 Å². The Kier molecular flexibility index (Phi) is 8.70. The first kappa shape index (κ1) is 25.2. The SMILES string of the molecule is C[C@H]1CC[C@@H](N2CCC(C#N)(NC(=O)C(CC3CCCCC3)NC(=O)N3CCOCC3)C2)CC1. The van der Waals surface area contributed by atoms with Gasteiger partial charge in [0.1, 0.15) is 11.6 Å². The first-order valence-corrected chi connectivity index (χ1v) is 13.6. The van der Waals surface area contributed by atoms with E-state index < -0.39 is 11.6 Å². The number of likely N-dealkylation sites (tertiary alicyclic amines) is 1. The minimum absolute atomic E-state index is 0.199. The van der Waals surface area contributed by atoms with E-state index in [1.165, 1.54) is 44.9 Å². The fraction of sp³-hybridized carbons (Fsp3) is 0.885. The fourth-order valence-electron chi connectivity index (χ4n) is 6.30. The maximum absolute atomic E-state index is 13.5. The summed E-state index contributed by atoms with van der Waals surface area (Å²) in [6.07, 6.45) is 12.0. The summed E-state index contributed by atoms with van der Waals surface area (Å²) in [5.41, 5.74) is -0.866. The van der Waals surface area contributed by atoms with Gasteiger partial charge in [-0.1, -0.05) is 39.0 Å². The zero-order chi connectivity index (χ0) is 24.0. The second-order valence-corrected chi connectivity index (χ2v) is 11.2. The van der Waals surface area contributed by atoms with Crippen LogP contribution in [0.5, 0.6) is 0 Å². The minimum Gasteiger partial charge on any atom is -0.378 e. The Morgan fingerprint density at radius 3 is 2.44 bits per heavy atom.